The molecule has 4 nitrogen and oxygen atoms in total. The number of para-hydroxylation sites is 1. The number of carbonyl (C=O) groups excluding carboxylic acids is 2. The molecule has 0 heterocycles. The van der Waals surface area contributed by atoms with Crippen LogP contribution in [-0.4, -0.2) is 18.4 Å². The molecule has 0 radical (unpaired) electrons. The van der Waals surface area contributed by atoms with Gasteiger partial charge in [0.25, 0.3) is 0 Å². The molecule has 0 aliphatic rings. The molecule has 2 rings (SSSR count). The van der Waals surface area contributed by atoms with Gasteiger partial charge in [-0.15, -0.1) is 0 Å². The highest BCUT2D eigenvalue weighted by atomic mass is 35.5. The summed E-state index contributed by atoms with van der Waals surface area (Å²) in [6, 6.07) is 10.9. The molecule has 2 amide bonds. The second-order valence-electron chi connectivity index (χ2n) is 6.31. The standard InChI is InChI=1S/C19H19Cl2FN2O2/c1-19(2,18(26)24-16-14(20)4-3-5-15(16)21)17(25)23-11-10-12-6-8-13(22)9-7-12/h3-9H,10-11H2,1-2H3,(H,23,25)(H,24,26). The van der Waals surface area contributed by atoms with Gasteiger partial charge in [-0.05, 0) is 50.1 Å². The van der Waals surface area contributed by atoms with E-state index in [1.165, 1.54) is 26.0 Å². The minimum atomic E-state index is -1.33. The summed E-state index contributed by atoms with van der Waals surface area (Å²) in [5.41, 5.74) is -0.171. The van der Waals surface area contributed by atoms with Gasteiger partial charge in [0.2, 0.25) is 11.8 Å². The number of anilines is 1. The second-order valence-corrected chi connectivity index (χ2v) is 7.12. The quantitative estimate of drug-likeness (QED) is 0.708. The summed E-state index contributed by atoms with van der Waals surface area (Å²) in [7, 11) is 0. The third-order valence-electron chi connectivity index (χ3n) is 3.95. The molecule has 0 fully saturated rings. The van der Waals surface area contributed by atoms with Crippen molar-refractivity contribution in [2.75, 3.05) is 11.9 Å². The Labute approximate surface area is 161 Å². The normalized spacial score (nSPS) is 11.1. The Kier molecular flexibility index (Phi) is 6.62. The van der Waals surface area contributed by atoms with Crippen molar-refractivity contribution in [2.24, 2.45) is 5.41 Å². The van der Waals surface area contributed by atoms with Gasteiger partial charge in [-0.3, -0.25) is 9.59 Å². The van der Waals surface area contributed by atoms with Gasteiger partial charge in [-0.2, -0.15) is 0 Å². The van der Waals surface area contributed by atoms with Crippen molar-refractivity contribution in [3.8, 4) is 0 Å². The molecule has 0 aromatic heterocycles. The van der Waals surface area contributed by atoms with Crippen molar-refractivity contribution in [1.29, 1.82) is 0 Å². The predicted molar refractivity (Wildman–Crippen MR) is 102 cm³/mol. The molecule has 0 unspecified atom stereocenters. The third kappa shape index (κ3) is 4.96. The summed E-state index contributed by atoms with van der Waals surface area (Å²) < 4.78 is 12.9. The fourth-order valence-electron chi connectivity index (χ4n) is 2.18. The Morgan fingerprint density at radius 2 is 1.58 bits per heavy atom. The van der Waals surface area contributed by atoms with Crippen molar-refractivity contribution >= 4 is 40.7 Å². The number of hydrogen-bond donors (Lipinski definition) is 2. The third-order valence-corrected chi connectivity index (χ3v) is 4.58. The molecule has 0 aliphatic carbocycles. The highest BCUT2D eigenvalue weighted by molar-refractivity contribution is 6.40. The molecule has 0 spiro atoms. The summed E-state index contributed by atoms with van der Waals surface area (Å²) in [4.78, 5) is 24.9. The Balaban J connectivity index is 1.95. The van der Waals surface area contributed by atoms with Gasteiger partial charge in [0.15, 0.2) is 0 Å². The zero-order valence-electron chi connectivity index (χ0n) is 14.4. The van der Waals surface area contributed by atoms with Crippen molar-refractivity contribution in [3.05, 3.63) is 63.9 Å². The first-order valence-corrected chi connectivity index (χ1v) is 8.75. The van der Waals surface area contributed by atoms with Crippen LogP contribution in [0.1, 0.15) is 19.4 Å². The van der Waals surface area contributed by atoms with Crippen LogP contribution in [0.15, 0.2) is 42.5 Å². The molecule has 138 valence electrons. The molecule has 0 bridgehead atoms. The van der Waals surface area contributed by atoms with Crippen LogP contribution in [0, 0.1) is 11.2 Å². The maximum absolute atomic E-state index is 12.9. The summed E-state index contributed by atoms with van der Waals surface area (Å²) in [5, 5.41) is 5.91. The second kappa shape index (κ2) is 8.52. The smallest absolute Gasteiger partial charge is 0.239 e. The van der Waals surface area contributed by atoms with Crippen LogP contribution in [0.3, 0.4) is 0 Å². The Morgan fingerprint density at radius 1 is 1.00 bits per heavy atom. The van der Waals surface area contributed by atoms with Crippen LogP contribution in [0.25, 0.3) is 0 Å². The molecule has 7 heteroatoms. The van der Waals surface area contributed by atoms with Crippen molar-refractivity contribution in [1.82, 2.24) is 5.32 Å². The Bertz CT molecular complexity index is 787. The van der Waals surface area contributed by atoms with Crippen molar-refractivity contribution < 1.29 is 14.0 Å². The van der Waals surface area contributed by atoms with Gasteiger partial charge in [-0.25, -0.2) is 4.39 Å². The van der Waals surface area contributed by atoms with Gasteiger partial charge in [-0.1, -0.05) is 41.4 Å². The number of rotatable bonds is 6. The van der Waals surface area contributed by atoms with Gasteiger partial charge in [0.1, 0.15) is 11.2 Å². The molecule has 0 saturated carbocycles. The van der Waals surface area contributed by atoms with Crippen LogP contribution < -0.4 is 10.6 Å². The van der Waals surface area contributed by atoms with Gasteiger partial charge in [0.05, 0.1) is 15.7 Å². The number of hydrogen-bond acceptors (Lipinski definition) is 2. The molecule has 0 aliphatic heterocycles. The zero-order chi connectivity index (χ0) is 19.3. The molecular formula is C19H19Cl2FN2O2. The number of carbonyl (C=O) groups is 2. The fraction of sp³-hybridized carbons (Fsp3) is 0.263. The zero-order valence-corrected chi connectivity index (χ0v) is 15.9. The van der Waals surface area contributed by atoms with Crippen LogP contribution in [0.4, 0.5) is 10.1 Å². The molecule has 0 saturated heterocycles. The summed E-state index contributed by atoms with van der Waals surface area (Å²) in [6.07, 6.45) is 0.528. The highest BCUT2D eigenvalue weighted by Gasteiger charge is 2.36. The summed E-state index contributed by atoms with van der Waals surface area (Å²) in [6.45, 7) is 3.36. The molecular weight excluding hydrogens is 378 g/mol. The fourth-order valence-corrected chi connectivity index (χ4v) is 2.67. The van der Waals surface area contributed by atoms with E-state index in [-0.39, 0.29) is 11.5 Å². The SMILES string of the molecule is CC(C)(C(=O)NCCc1ccc(F)cc1)C(=O)Nc1c(Cl)cccc1Cl. The molecule has 2 aromatic carbocycles. The molecule has 2 aromatic rings. The maximum Gasteiger partial charge on any atom is 0.239 e. The number of halogens is 3. The van der Waals surface area contributed by atoms with Crippen LogP contribution in [-0.2, 0) is 16.0 Å². The minimum absolute atomic E-state index is 0.271. The monoisotopic (exact) mass is 396 g/mol. The minimum Gasteiger partial charge on any atom is -0.355 e. The van der Waals surface area contributed by atoms with Gasteiger partial charge in [0, 0.05) is 6.54 Å². The Hall–Kier alpha value is -2.11. The lowest BCUT2D eigenvalue weighted by Gasteiger charge is -2.23. The van der Waals surface area contributed by atoms with Crippen molar-refractivity contribution in [2.45, 2.75) is 20.3 Å². The first-order chi connectivity index (χ1) is 12.2. The largest absolute Gasteiger partial charge is 0.355 e. The van der Waals surface area contributed by atoms with Gasteiger partial charge < -0.3 is 10.6 Å². The molecule has 26 heavy (non-hydrogen) atoms. The summed E-state index contributed by atoms with van der Waals surface area (Å²) >= 11 is 12.1. The first kappa shape index (κ1) is 20.2. The van der Waals surface area contributed by atoms with E-state index < -0.39 is 17.2 Å². The van der Waals surface area contributed by atoms with E-state index in [1.807, 2.05) is 0 Å². The maximum atomic E-state index is 12.9. The van der Waals surface area contributed by atoms with E-state index in [9.17, 15) is 14.0 Å². The summed E-state index contributed by atoms with van der Waals surface area (Å²) in [5.74, 6) is -1.26. The average Bonchev–Trinajstić information content (AvgIpc) is 2.59. The average molecular weight is 397 g/mol. The van der Waals surface area contributed by atoms with E-state index in [1.54, 1.807) is 30.3 Å². The topological polar surface area (TPSA) is 58.2 Å². The van der Waals surface area contributed by atoms with Crippen molar-refractivity contribution in [3.63, 3.8) is 0 Å². The highest BCUT2D eigenvalue weighted by Crippen LogP contribution is 2.31. The van der Waals surface area contributed by atoms with E-state index >= 15 is 0 Å². The van der Waals surface area contributed by atoms with Gasteiger partial charge >= 0.3 is 0 Å². The molecule has 0 atom stereocenters. The lowest BCUT2D eigenvalue weighted by Crippen LogP contribution is -2.45. The van der Waals surface area contributed by atoms with E-state index in [4.69, 9.17) is 23.2 Å². The van der Waals surface area contributed by atoms with Crippen LogP contribution >= 0.6 is 23.2 Å². The number of nitrogens with one attached hydrogen (secondary N) is 2. The predicted octanol–water partition coefficient (Wildman–Crippen LogP) is 4.46. The van der Waals surface area contributed by atoms with E-state index in [2.05, 4.69) is 10.6 Å². The lowest BCUT2D eigenvalue weighted by molar-refractivity contribution is -0.138. The first-order valence-electron chi connectivity index (χ1n) is 8.00. The lowest BCUT2D eigenvalue weighted by atomic mass is 9.91. The van der Waals surface area contributed by atoms with Crippen LogP contribution in [0.2, 0.25) is 10.0 Å². The van der Waals surface area contributed by atoms with Crippen LogP contribution in [0.5, 0.6) is 0 Å². The Morgan fingerprint density at radius 3 is 2.15 bits per heavy atom. The number of benzene rings is 2. The van der Waals surface area contributed by atoms with E-state index in [0.29, 0.717) is 23.0 Å². The number of amides is 2. The van der Waals surface area contributed by atoms with E-state index in [0.717, 1.165) is 5.56 Å². The molecule has 2 N–H and O–H groups in total.